The van der Waals surface area contributed by atoms with E-state index in [1.54, 1.807) is 0 Å². The molecule has 2 amide bonds. The van der Waals surface area contributed by atoms with Gasteiger partial charge in [-0.25, -0.2) is 0 Å². The zero-order valence-corrected chi connectivity index (χ0v) is 24.8. The summed E-state index contributed by atoms with van der Waals surface area (Å²) in [6.07, 6.45) is 1.79. The second-order valence-electron chi connectivity index (χ2n) is 11.9. The Morgan fingerprint density at radius 3 is 2.07 bits per heavy atom. The van der Waals surface area contributed by atoms with E-state index in [4.69, 9.17) is 4.74 Å². The molecule has 3 aliphatic rings. The summed E-state index contributed by atoms with van der Waals surface area (Å²) in [5.41, 5.74) is 5.77. The van der Waals surface area contributed by atoms with E-state index < -0.39 is 0 Å². The number of hydrogen-bond donors (Lipinski definition) is 1. The summed E-state index contributed by atoms with van der Waals surface area (Å²) in [7, 11) is 0. The Kier molecular flexibility index (Phi) is 8.14. The van der Waals surface area contributed by atoms with E-state index in [1.807, 2.05) is 58.3 Å². The van der Waals surface area contributed by atoms with Crippen molar-refractivity contribution in [2.75, 3.05) is 44.6 Å². The molecule has 2 unspecified atom stereocenters. The van der Waals surface area contributed by atoms with Gasteiger partial charge in [-0.3, -0.25) is 14.5 Å². The number of piperazine rings is 1. The highest BCUT2D eigenvalue weighted by Gasteiger charge is 2.38. The van der Waals surface area contributed by atoms with Gasteiger partial charge in [0.1, 0.15) is 6.17 Å². The maximum Gasteiger partial charge on any atom is 0.256 e. The summed E-state index contributed by atoms with van der Waals surface area (Å²) in [4.78, 5) is 33.2. The van der Waals surface area contributed by atoms with Gasteiger partial charge >= 0.3 is 0 Å². The molecule has 7 rings (SSSR count). The van der Waals surface area contributed by atoms with E-state index in [0.717, 1.165) is 49.4 Å². The van der Waals surface area contributed by atoms with Gasteiger partial charge in [0, 0.05) is 61.7 Å². The minimum Gasteiger partial charge on any atom is -0.376 e. The predicted molar refractivity (Wildman–Crippen MR) is 171 cm³/mol. The standard InChI is InChI=1S/C37H38N4O3/c42-36(40-23-21-39(22-24-40)34(27-10-3-1-4-11-27)28-12-5-2-6-13-28)29-17-19-30(20-18-29)38-35-32-15-7-8-16-33(32)37(43)41(35)26-31-14-9-25-44-31/h1-8,10-13,15-20,31,34-35,38H,9,14,21-26H2. The molecule has 224 valence electrons. The van der Waals surface area contributed by atoms with E-state index in [9.17, 15) is 9.59 Å². The highest BCUT2D eigenvalue weighted by atomic mass is 16.5. The molecule has 2 fully saturated rings. The van der Waals surface area contributed by atoms with Crippen LogP contribution in [-0.2, 0) is 4.74 Å². The van der Waals surface area contributed by atoms with Crippen LogP contribution in [0.1, 0.15) is 62.5 Å². The lowest BCUT2D eigenvalue weighted by Crippen LogP contribution is -2.49. The Hall–Kier alpha value is -4.46. The van der Waals surface area contributed by atoms with Crippen LogP contribution in [0, 0.1) is 0 Å². The fraction of sp³-hybridized carbons (Fsp3) is 0.297. The summed E-state index contributed by atoms with van der Waals surface area (Å²) < 4.78 is 5.86. The van der Waals surface area contributed by atoms with Gasteiger partial charge < -0.3 is 19.9 Å². The Balaban J connectivity index is 1.02. The van der Waals surface area contributed by atoms with Crippen molar-refractivity contribution >= 4 is 17.5 Å². The van der Waals surface area contributed by atoms with Crippen molar-refractivity contribution in [3.8, 4) is 0 Å². The molecule has 0 bridgehead atoms. The number of ether oxygens (including phenoxy) is 1. The number of fused-ring (bicyclic) bond motifs is 1. The van der Waals surface area contributed by atoms with Gasteiger partial charge in [0.05, 0.1) is 12.1 Å². The topological polar surface area (TPSA) is 65.1 Å². The number of rotatable bonds is 8. The molecule has 4 aromatic carbocycles. The van der Waals surface area contributed by atoms with Gasteiger partial charge in [0.2, 0.25) is 0 Å². The number of nitrogens with one attached hydrogen (secondary N) is 1. The third-order valence-electron chi connectivity index (χ3n) is 9.12. The summed E-state index contributed by atoms with van der Waals surface area (Å²) in [5, 5.41) is 3.56. The molecule has 2 atom stereocenters. The smallest absolute Gasteiger partial charge is 0.256 e. The van der Waals surface area contributed by atoms with Crippen LogP contribution in [0.2, 0.25) is 0 Å². The van der Waals surface area contributed by atoms with Crippen molar-refractivity contribution in [2.24, 2.45) is 0 Å². The summed E-state index contributed by atoms with van der Waals surface area (Å²) in [6.45, 7) is 4.26. The van der Waals surface area contributed by atoms with Crippen LogP contribution < -0.4 is 5.32 Å². The third-order valence-corrected chi connectivity index (χ3v) is 9.12. The highest BCUT2D eigenvalue weighted by Crippen LogP contribution is 2.36. The quantitative estimate of drug-likeness (QED) is 0.275. The molecule has 2 saturated heterocycles. The first-order valence-electron chi connectivity index (χ1n) is 15.7. The SMILES string of the molecule is O=C(c1ccc(NC2c3ccccc3C(=O)N2CC2CCCO2)cc1)N1CCN(C(c2ccccc2)c2ccccc2)CC1. The van der Waals surface area contributed by atoms with Crippen LogP contribution in [0.4, 0.5) is 5.69 Å². The molecule has 0 saturated carbocycles. The van der Waals surface area contributed by atoms with Gasteiger partial charge in [-0.05, 0) is 54.3 Å². The maximum absolute atomic E-state index is 13.5. The molecule has 44 heavy (non-hydrogen) atoms. The first-order valence-corrected chi connectivity index (χ1v) is 15.7. The molecule has 3 aliphatic heterocycles. The lowest BCUT2D eigenvalue weighted by atomic mass is 9.96. The molecule has 0 spiro atoms. The van der Waals surface area contributed by atoms with Crippen LogP contribution >= 0.6 is 0 Å². The van der Waals surface area contributed by atoms with E-state index in [2.05, 4.69) is 70.9 Å². The Morgan fingerprint density at radius 1 is 0.795 bits per heavy atom. The average molecular weight is 587 g/mol. The molecule has 4 aromatic rings. The van der Waals surface area contributed by atoms with Crippen molar-refractivity contribution in [1.29, 1.82) is 0 Å². The maximum atomic E-state index is 13.5. The fourth-order valence-corrected chi connectivity index (χ4v) is 6.84. The largest absolute Gasteiger partial charge is 0.376 e. The summed E-state index contributed by atoms with van der Waals surface area (Å²) in [5.74, 6) is 0.0786. The van der Waals surface area contributed by atoms with Gasteiger partial charge in [-0.15, -0.1) is 0 Å². The van der Waals surface area contributed by atoms with E-state index in [0.29, 0.717) is 25.2 Å². The van der Waals surface area contributed by atoms with E-state index >= 15 is 0 Å². The lowest BCUT2D eigenvalue weighted by Gasteiger charge is -2.39. The molecule has 3 heterocycles. The first-order chi connectivity index (χ1) is 21.7. The van der Waals surface area contributed by atoms with Crippen molar-refractivity contribution in [3.05, 3.63) is 137 Å². The average Bonchev–Trinajstić information content (AvgIpc) is 3.69. The molecule has 7 nitrogen and oxygen atoms in total. The Morgan fingerprint density at radius 2 is 1.43 bits per heavy atom. The summed E-state index contributed by atoms with van der Waals surface area (Å²) in [6, 6.07) is 36.8. The molecule has 0 aromatic heterocycles. The molecule has 0 aliphatic carbocycles. The van der Waals surface area contributed by atoms with Crippen LogP contribution in [-0.4, -0.2) is 71.9 Å². The van der Waals surface area contributed by atoms with Crippen LogP contribution in [0.15, 0.2) is 109 Å². The number of carbonyl (C=O) groups excluding carboxylic acids is 2. The molecule has 1 N–H and O–H groups in total. The third kappa shape index (κ3) is 5.73. The Bertz CT molecular complexity index is 1540. The van der Waals surface area contributed by atoms with Crippen molar-refractivity contribution < 1.29 is 14.3 Å². The predicted octanol–water partition coefficient (Wildman–Crippen LogP) is 5.98. The van der Waals surface area contributed by atoms with Crippen LogP contribution in [0.25, 0.3) is 0 Å². The van der Waals surface area contributed by atoms with Crippen LogP contribution in [0.3, 0.4) is 0 Å². The molecule has 7 heteroatoms. The van der Waals surface area contributed by atoms with Gasteiger partial charge in [0.25, 0.3) is 11.8 Å². The van der Waals surface area contributed by atoms with Gasteiger partial charge in [0.15, 0.2) is 0 Å². The number of nitrogens with zero attached hydrogens (tertiary/aromatic N) is 3. The molecular weight excluding hydrogens is 548 g/mol. The van der Waals surface area contributed by atoms with Crippen molar-refractivity contribution in [2.45, 2.75) is 31.2 Å². The van der Waals surface area contributed by atoms with Crippen molar-refractivity contribution in [3.63, 3.8) is 0 Å². The monoisotopic (exact) mass is 586 g/mol. The molecule has 0 radical (unpaired) electrons. The first kappa shape index (κ1) is 28.3. The number of carbonyl (C=O) groups is 2. The second-order valence-corrected chi connectivity index (χ2v) is 11.9. The number of hydrogen-bond acceptors (Lipinski definition) is 5. The number of amides is 2. The number of anilines is 1. The minimum absolute atomic E-state index is 0.0290. The highest BCUT2D eigenvalue weighted by molar-refractivity contribution is 5.99. The Labute approximate surface area is 259 Å². The minimum atomic E-state index is -0.278. The normalized spacial score (nSPS) is 20.2. The second kappa shape index (κ2) is 12.6. The molecular formula is C37H38N4O3. The fourth-order valence-electron chi connectivity index (χ4n) is 6.84. The van der Waals surface area contributed by atoms with E-state index in [1.165, 1.54) is 11.1 Å². The van der Waals surface area contributed by atoms with Crippen molar-refractivity contribution in [1.82, 2.24) is 14.7 Å². The van der Waals surface area contributed by atoms with Crippen LogP contribution in [0.5, 0.6) is 0 Å². The van der Waals surface area contributed by atoms with Gasteiger partial charge in [-0.2, -0.15) is 0 Å². The summed E-state index contributed by atoms with van der Waals surface area (Å²) >= 11 is 0. The zero-order valence-electron chi connectivity index (χ0n) is 24.8. The zero-order chi connectivity index (χ0) is 29.9. The van der Waals surface area contributed by atoms with Gasteiger partial charge in [-0.1, -0.05) is 78.9 Å². The lowest BCUT2D eigenvalue weighted by molar-refractivity contribution is 0.0489. The van der Waals surface area contributed by atoms with E-state index in [-0.39, 0.29) is 30.1 Å². The number of benzene rings is 4.